The van der Waals surface area contributed by atoms with E-state index in [1.165, 1.54) is 11.8 Å². The first-order chi connectivity index (χ1) is 14.4. The van der Waals surface area contributed by atoms with Crippen LogP contribution in [0.1, 0.15) is 34.3 Å². The molecule has 30 heavy (non-hydrogen) atoms. The van der Waals surface area contributed by atoms with E-state index < -0.39 is 11.9 Å². The van der Waals surface area contributed by atoms with Crippen molar-refractivity contribution >= 4 is 35.2 Å². The highest BCUT2D eigenvalue weighted by atomic mass is 32.2. The number of ether oxygens (including phenoxy) is 1. The number of anilines is 1. The minimum atomic E-state index is -0.582. The van der Waals surface area contributed by atoms with Crippen LogP contribution in [0.4, 0.5) is 5.69 Å². The number of rotatable bonds is 7. The van der Waals surface area contributed by atoms with Crippen LogP contribution in [0.25, 0.3) is 0 Å². The van der Waals surface area contributed by atoms with E-state index in [9.17, 15) is 14.4 Å². The molecule has 0 saturated carbocycles. The molecule has 158 valence electrons. The maximum absolute atomic E-state index is 12.5. The maximum atomic E-state index is 12.5. The predicted molar refractivity (Wildman–Crippen MR) is 118 cm³/mol. The van der Waals surface area contributed by atoms with Gasteiger partial charge in [0, 0.05) is 23.7 Å². The second-order valence-electron chi connectivity index (χ2n) is 7.30. The summed E-state index contributed by atoms with van der Waals surface area (Å²) in [7, 11) is 0. The normalized spacial score (nSPS) is 13.2. The number of nitrogens with one attached hydrogen (secondary N) is 1. The van der Waals surface area contributed by atoms with Crippen molar-refractivity contribution in [3.05, 3.63) is 59.2 Å². The summed E-state index contributed by atoms with van der Waals surface area (Å²) in [5.41, 5.74) is 3.22. The van der Waals surface area contributed by atoms with Crippen LogP contribution in [0, 0.1) is 13.8 Å². The third-order valence-corrected chi connectivity index (χ3v) is 6.10. The lowest BCUT2D eigenvalue weighted by atomic mass is 10.1. The molecule has 0 bridgehead atoms. The van der Waals surface area contributed by atoms with E-state index in [0.717, 1.165) is 37.1 Å². The molecule has 2 aromatic rings. The first kappa shape index (κ1) is 21.9. The number of aryl methyl sites for hydroxylation is 2. The molecule has 3 rings (SSSR count). The fourth-order valence-corrected chi connectivity index (χ4v) is 4.13. The highest BCUT2D eigenvalue weighted by Gasteiger charge is 2.20. The van der Waals surface area contributed by atoms with Gasteiger partial charge in [-0.05, 0) is 62.1 Å². The Morgan fingerprint density at radius 1 is 1.03 bits per heavy atom. The zero-order valence-electron chi connectivity index (χ0n) is 17.3. The Labute approximate surface area is 181 Å². The minimum Gasteiger partial charge on any atom is -0.452 e. The van der Waals surface area contributed by atoms with Crippen molar-refractivity contribution in [1.29, 1.82) is 0 Å². The van der Waals surface area contributed by atoms with E-state index in [4.69, 9.17) is 4.74 Å². The molecule has 0 unspecified atom stereocenters. The van der Waals surface area contributed by atoms with Gasteiger partial charge in [0.1, 0.15) is 0 Å². The lowest BCUT2D eigenvalue weighted by molar-refractivity contribution is -0.127. The first-order valence-electron chi connectivity index (χ1n) is 9.98. The quantitative estimate of drug-likeness (QED) is 0.538. The van der Waals surface area contributed by atoms with Crippen molar-refractivity contribution < 1.29 is 19.1 Å². The molecule has 0 aromatic heterocycles. The van der Waals surface area contributed by atoms with Crippen LogP contribution in [0.3, 0.4) is 0 Å². The summed E-state index contributed by atoms with van der Waals surface area (Å²) < 4.78 is 5.20. The number of thioether (sulfide) groups is 1. The second kappa shape index (κ2) is 10.3. The molecule has 1 heterocycles. The van der Waals surface area contributed by atoms with Crippen LogP contribution in [0.5, 0.6) is 0 Å². The molecule has 0 radical (unpaired) electrons. The van der Waals surface area contributed by atoms with E-state index in [1.807, 2.05) is 43.0 Å². The molecule has 0 atom stereocenters. The van der Waals surface area contributed by atoms with Crippen LogP contribution in [0.15, 0.2) is 47.4 Å². The lowest BCUT2D eigenvalue weighted by Crippen LogP contribution is -2.29. The van der Waals surface area contributed by atoms with Crippen molar-refractivity contribution in [1.82, 2.24) is 4.90 Å². The standard InChI is InChI=1S/C23H26N2O4S/c1-16-9-10-18(13-17(16)2)24-21(26)14-29-23(28)19-7-3-4-8-20(19)30-15-22(27)25-11-5-6-12-25/h3-4,7-10,13H,5-6,11-12,14-15H2,1-2H3,(H,24,26). The Morgan fingerprint density at radius 3 is 2.50 bits per heavy atom. The number of carbonyl (C=O) groups is 3. The molecule has 7 heteroatoms. The van der Waals surface area contributed by atoms with Crippen LogP contribution in [-0.4, -0.2) is 48.1 Å². The Kier molecular flexibility index (Phi) is 7.52. The van der Waals surface area contributed by atoms with Crippen molar-refractivity contribution in [3.8, 4) is 0 Å². The minimum absolute atomic E-state index is 0.0773. The van der Waals surface area contributed by atoms with Crippen LogP contribution in [-0.2, 0) is 14.3 Å². The lowest BCUT2D eigenvalue weighted by Gasteiger charge is -2.15. The average molecular weight is 427 g/mol. The van der Waals surface area contributed by atoms with E-state index >= 15 is 0 Å². The van der Waals surface area contributed by atoms with Gasteiger partial charge in [0.05, 0.1) is 11.3 Å². The van der Waals surface area contributed by atoms with Crippen molar-refractivity contribution in [3.63, 3.8) is 0 Å². The van der Waals surface area contributed by atoms with Crippen molar-refractivity contribution in [2.75, 3.05) is 30.8 Å². The fraction of sp³-hybridized carbons (Fsp3) is 0.348. The van der Waals surface area contributed by atoms with Gasteiger partial charge in [0.25, 0.3) is 5.91 Å². The average Bonchev–Trinajstić information content (AvgIpc) is 3.28. The van der Waals surface area contributed by atoms with E-state index in [-0.39, 0.29) is 18.3 Å². The number of esters is 1. The third-order valence-electron chi connectivity index (χ3n) is 5.04. The number of hydrogen-bond acceptors (Lipinski definition) is 5. The Hall–Kier alpha value is -2.80. The number of nitrogens with zero attached hydrogens (tertiary/aromatic N) is 1. The third kappa shape index (κ3) is 5.86. The molecule has 1 N–H and O–H groups in total. The summed E-state index contributed by atoms with van der Waals surface area (Å²) in [6, 6.07) is 12.6. The van der Waals surface area contributed by atoms with Gasteiger partial charge in [-0.25, -0.2) is 4.79 Å². The summed E-state index contributed by atoms with van der Waals surface area (Å²) in [6.07, 6.45) is 2.09. The van der Waals surface area contributed by atoms with Crippen LogP contribution >= 0.6 is 11.8 Å². The van der Waals surface area contributed by atoms with Gasteiger partial charge in [-0.3, -0.25) is 9.59 Å². The second-order valence-corrected chi connectivity index (χ2v) is 8.31. The van der Waals surface area contributed by atoms with Crippen LogP contribution in [0.2, 0.25) is 0 Å². The van der Waals surface area contributed by atoms with Gasteiger partial charge in [-0.1, -0.05) is 18.2 Å². The molecule has 1 aliphatic rings. The molecular formula is C23H26N2O4S. The molecule has 6 nitrogen and oxygen atoms in total. The molecule has 1 fully saturated rings. The number of carbonyl (C=O) groups excluding carboxylic acids is 3. The van der Waals surface area contributed by atoms with Crippen LogP contribution < -0.4 is 5.32 Å². The van der Waals surface area contributed by atoms with Gasteiger partial charge >= 0.3 is 5.97 Å². The largest absolute Gasteiger partial charge is 0.452 e. The van der Waals surface area contributed by atoms with E-state index in [1.54, 1.807) is 18.2 Å². The highest BCUT2D eigenvalue weighted by molar-refractivity contribution is 8.00. The van der Waals surface area contributed by atoms with Crippen molar-refractivity contribution in [2.24, 2.45) is 0 Å². The van der Waals surface area contributed by atoms with Gasteiger partial charge in [0.15, 0.2) is 6.61 Å². The number of hydrogen-bond donors (Lipinski definition) is 1. The molecule has 2 aromatic carbocycles. The zero-order chi connectivity index (χ0) is 21.5. The van der Waals surface area contributed by atoms with Gasteiger partial charge in [-0.15, -0.1) is 11.8 Å². The summed E-state index contributed by atoms with van der Waals surface area (Å²) in [6.45, 7) is 5.19. The SMILES string of the molecule is Cc1ccc(NC(=O)COC(=O)c2ccccc2SCC(=O)N2CCCC2)cc1C. The topological polar surface area (TPSA) is 75.7 Å². The summed E-state index contributed by atoms with van der Waals surface area (Å²) in [5.74, 6) is -0.631. The van der Waals surface area contributed by atoms with Crippen molar-refractivity contribution in [2.45, 2.75) is 31.6 Å². The smallest absolute Gasteiger partial charge is 0.339 e. The fourth-order valence-electron chi connectivity index (χ4n) is 3.18. The molecule has 0 spiro atoms. The van der Waals surface area contributed by atoms with E-state index in [0.29, 0.717) is 16.1 Å². The summed E-state index contributed by atoms with van der Waals surface area (Å²) >= 11 is 1.32. The molecular weight excluding hydrogens is 400 g/mol. The number of likely N-dealkylation sites (tertiary alicyclic amines) is 1. The summed E-state index contributed by atoms with van der Waals surface area (Å²) in [4.78, 5) is 39.5. The van der Waals surface area contributed by atoms with Gasteiger partial charge in [-0.2, -0.15) is 0 Å². The Bertz CT molecular complexity index is 939. The molecule has 2 amide bonds. The first-order valence-corrected chi connectivity index (χ1v) is 11.0. The molecule has 1 aliphatic heterocycles. The highest BCUT2D eigenvalue weighted by Crippen LogP contribution is 2.24. The predicted octanol–water partition coefficient (Wildman–Crippen LogP) is 3.81. The maximum Gasteiger partial charge on any atom is 0.339 e. The Morgan fingerprint density at radius 2 is 1.77 bits per heavy atom. The zero-order valence-corrected chi connectivity index (χ0v) is 18.1. The Balaban J connectivity index is 1.54. The molecule has 0 aliphatic carbocycles. The number of benzene rings is 2. The molecule has 1 saturated heterocycles. The number of amides is 2. The van der Waals surface area contributed by atoms with Gasteiger partial charge < -0.3 is 15.0 Å². The summed E-state index contributed by atoms with van der Waals surface area (Å²) in [5, 5.41) is 2.73. The monoisotopic (exact) mass is 426 g/mol. The van der Waals surface area contributed by atoms with E-state index in [2.05, 4.69) is 5.32 Å². The van der Waals surface area contributed by atoms with Gasteiger partial charge in [0.2, 0.25) is 5.91 Å².